The lowest BCUT2D eigenvalue weighted by Crippen LogP contribution is -2.61. The van der Waals surface area contributed by atoms with Crippen molar-refractivity contribution in [3.63, 3.8) is 0 Å². The van der Waals surface area contributed by atoms with E-state index in [1.54, 1.807) is 0 Å². The number of piperidine rings is 1. The summed E-state index contributed by atoms with van der Waals surface area (Å²) in [5.74, 6) is 0.548. The van der Waals surface area contributed by atoms with Crippen LogP contribution in [0.3, 0.4) is 0 Å². The molecule has 0 amide bonds. The maximum atomic E-state index is 10.9. The van der Waals surface area contributed by atoms with Crippen molar-refractivity contribution in [3.05, 3.63) is 0 Å². The number of ether oxygens (including phenoxy) is 1. The van der Waals surface area contributed by atoms with Crippen LogP contribution in [-0.4, -0.2) is 36.0 Å². The summed E-state index contributed by atoms with van der Waals surface area (Å²) in [6.07, 6.45) is 8.25. The van der Waals surface area contributed by atoms with E-state index < -0.39 is 5.60 Å². The largest absolute Gasteiger partial charge is 0.389 e. The molecule has 2 heterocycles. The Bertz CT molecular complexity index is 238. The van der Waals surface area contributed by atoms with Crippen molar-refractivity contribution in [2.45, 2.75) is 62.6 Å². The number of hydrogen-bond donors (Lipinski definition) is 2. The molecule has 2 N–H and O–H groups in total. The molecule has 2 aliphatic heterocycles. The monoisotopic (exact) mass is 225 g/mol. The van der Waals surface area contributed by atoms with E-state index in [0.717, 1.165) is 26.1 Å². The van der Waals surface area contributed by atoms with E-state index in [9.17, 15) is 5.11 Å². The summed E-state index contributed by atoms with van der Waals surface area (Å²) in [6, 6.07) is 0.777. The van der Waals surface area contributed by atoms with E-state index in [1.165, 1.54) is 32.1 Å². The molecule has 1 saturated carbocycles. The van der Waals surface area contributed by atoms with Crippen LogP contribution in [0.4, 0.5) is 0 Å². The van der Waals surface area contributed by atoms with Gasteiger partial charge in [0.25, 0.3) is 0 Å². The summed E-state index contributed by atoms with van der Waals surface area (Å²) in [5, 5.41) is 14.5. The number of rotatable bonds is 1. The Morgan fingerprint density at radius 3 is 2.25 bits per heavy atom. The Morgan fingerprint density at radius 2 is 1.62 bits per heavy atom. The van der Waals surface area contributed by atoms with Crippen LogP contribution in [-0.2, 0) is 4.74 Å². The van der Waals surface area contributed by atoms with Crippen molar-refractivity contribution in [1.82, 2.24) is 5.32 Å². The summed E-state index contributed by atoms with van der Waals surface area (Å²) in [5.41, 5.74) is -0.398. The molecule has 16 heavy (non-hydrogen) atoms. The lowest BCUT2D eigenvalue weighted by Gasteiger charge is -2.49. The molecule has 0 aromatic carbocycles. The first-order valence-electron chi connectivity index (χ1n) is 6.82. The van der Waals surface area contributed by atoms with Gasteiger partial charge < -0.3 is 15.2 Å². The smallest absolute Gasteiger partial charge is 0.0707 e. The van der Waals surface area contributed by atoms with Crippen LogP contribution in [0.15, 0.2) is 0 Å². The number of morpholine rings is 1. The van der Waals surface area contributed by atoms with Gasteiger partial charge in [-0.15, -0.1) is 0 Å². The van der Waals surface area contributed by atoms with Crippen molar-refractivity contribution in [3.8, 4) is 0 Å². The van der Waals surface area contributed by atoms with Gasteiger partial charge in [-0.25, -0.2) is 0 Å². The maximum absolute atomic E-state index is 10.9. The topological polar surface area (TPSA) is 41.5 Å². The fraction of sp³-hybridized carbons (Fsp3) is 1.00. The van der Waals surface area contributed by atoms with E-state index in [2.05, 4.69) is 5.32 Å². The molecule has 3 rings (SSSR count). The number of fused-ring (bicyclic) bond motifs is 2. The standard InChI is InChI=1S/C13H23NO2/c15-13(10-4-2-1-3-5-10)6-11-8-16-9-12(7-13)14-11/h10-12,14-15H,1-9H2. The second-order valence-corrected chi connectivity index (χ2v) is 5.94. The van der Waals surface area contributed by atoms with E-state index in [-0.39, 0.29) is 0 Å². The third-order valence-electron chi connectivity index (χ3n) is 4.67. The molecule has 0 spiro atoms. The highest BCUT2D eigenvalue weighted by atomic mass is 16.5. The zero-order chi connectivity index (χ0) is 11.0. The average molecular weight is 225 g/mol. The first-order valence-corrected chi connectivity index (χ1v) is 6.82. The first-order chi connectivity index (χ1) is 7.76. The fourth-order valence-corrected chi connectivity index (χ4v) is 3.93. The average Bonchev–Trinajstić information content (AvgIpc) is 2.29. The van der Waals surface area contributed by atoms with Crippen LogP contribution in [0.5, 0.6) is 0 Å². The summed E-state index contributed by atoms with van der Waals surface area (Å²) in [6.45, 7) is 1.57. The molecule has 3 heteroatoms. The normalized spacial score (nSPS) is 45.6. The summed E-state index contributed by atoms with van der Waals surface area (Å²) >= 11 is 0. The second kappa shape index (κ2) is 4.28. The highest BCUT2D eigenvalue weighted by Gasteiger charge is 2.45. The molecule has 2 bridgehead atoms. The van der Waals surface area contributed by atoms with Crippen molar-refractivity contribution in [2.75, 3.05) is 13.2 Å². The minimum Gasteiger partial charge on any atom is -0.389 e. The highest BCUT2D eigenvalue weighted by molar-refractivity contribution is 5.00. The highest BCUT2D eigenvalue weighted by Crippen LogP contribution is 2.41. The molecule has 0 aromatic rings. The van der Waals surface area contributed by atoms with Crippen molar-refractivity contribution >= 4 is 0 Å². The van der Waals surface area contributed by atoms with Gasteiger partial charge in [0.15, 0.2) is 0 Å². The molecule has 0 radical (unpaired) electrons. The fourth-order valence-electron chi connectivity index (χ4n) is 3.93. The van der Waals surface area contributed by atoms with Crippen LogP contribution in [0, 0.1) is 5.92 Å². The van der Waals surface area contributed by atoms with Gasteiger partial charge in [-0.05, 0) is 31.6 Å². The molecular weight excluding hydrogens is 202 g/mol. The zero-order valence-electron chi connectivity index (χ0n) is 9.95. The molecular formula is C13H23NO2. The summed E-state index contributed by atoms with van der Waals surface area (Å²) < 4.78 is 5.54. The first kappa shape index (κ1) is 11.0. The molecule has 92 valence electrons. The molecule has 2 saturated heterocycles. The molecule has 2 atom stereocenters. The predicted octanol–water partition coefficient (Wildman–Crippen LogP) is 1.45. The Labute approximate surface area is 97.6 Å². The van der Waals surface area contributed by atoms with Gasteiger partial charge in [-0.2, -0.15) is 0 Å². The third kappa shape index (κ3) is 2.01. The van der Waals surface area contributed by atoms with E-state index >= 15 is 0 Å². The molecule has 0 aromatic heterocycles. The Hall–Kier alpha value is -0.120. The van der Waals surface area contributed by atoms with Crippen LogP contribution in [0.1, 0.15) is 44.9 Å². The van der Waals surface area contributed by atoms with E-state index in [4.69, 9.17) is 4.74 Å². The molecule has 3 aliphatic rings. The van der Waals surface area contributed by atoms with E-state index in [0.29, 0.717) is 18.0 Å². The molecule has 3 fully saturated rings. The SMILES string of the molecule is OC1(C2CCCCC2)CC2COCC(C1)N2. The number of hydrogen-bond acceptors (Lipinski definition) is 3. The van der Waals surface area contributed by atoms with Crippen LogP contribution in [0.2, 0.25) is 0 Å². The molecule has 3 nitrogen and oxygen atoms in total. The van der Waals surface area contributed by atoms with Crippen molar-refractivity contribution in [2.24, 2.45) is 5.92 Å². The Balaban J connectivity index is 1.71. The van der Waals surface area contributed by atoms with E-state index in [1.807, 2.05) is 0 Å². The number of aliphatic hydroxyl groups is 1. The quantitative estimate of drug-likeness (QED) is 0.709. The van der Waals surface area contributed by atoms with Gasteiger partial charge in [0, 0.05) is 12.1 Å². The van der Waals surface area contributed by atoms with Crippen molar-refractivity contribution < 1.29 is 9.84 Å². The second-order valence-electron chi connectivity index (χ2n) is 5.94. The van der Waals surface area contributed by atoms with Gasteiger partial charge in [0.2, 0.25) is 0 Å². The summed E-state index contributed by atoms with van der Waals surface area (Å²) in [4.78, 5) is 0. The van der Waals surface area contributed by atoms with Gasteiger partial charge in [0.1, 0.15) is 0 Å². The van der Waals surface area contributed by atoms with Crippen molar-refractivity contribution in [1.29, 1.82) is 0 Å². The van der Waals surface area contributed by atoms with Gasteiger partial charge >= 0.3 is 0 Å². The third-order valence-corrected chi connectivity index (χ3v) is 4.67. The maximum Gasteiger partial charge on any atom is 0.0707 e. The van der Waals surface area contributed by atoms with Gasteiger partial charge in [-0.3, -0.25) is 0 Å². The summed E-state index contributed by atoms with van der Waals surface area (Å²) in [7, 11) is 0. The molecule has 1 aliphatic carbocycles. The predicted molar refractivity (Wildman–Crippen MR) is 62.3 cm³/mol. The van der Waals surface area contributed by atoms with Crippen LogP contribution in [0.25, 0.3) is 0 Å². The van der Waals surface area contributed by atoms with Crippen LogP contribution < -0.4 is 5.32 Å². The minimum atomic E-state index is -0.398. The van der Waals surface area contributed by atoms with Gasteiger partial charge in [-0.1, -0.05) is 19.3 Å². The Morgan fingerprint density at radius 1 is 1.00 bits per heavy atom. The lowest BCUT2D eigenvalue weighted by molar-refractivity contribution is -0.113. The zero-order valence-corrected chi connectivity index (χ0v) is 9.95. The lowest BCUT2D eigenvalue weighted by atomic mass is 9.69. The number of nitrogens with one attached hydrogen (secondary N) is 1. The van der Waals surface area contributed by atoms with Gasteiger partial charge in [0.05, 0.1) is 18.8 Å². The minimum absolute atomic E-state index is 0.388. The molecule has 2 unspecified atom stereocenters. The van der Waals surface area contributed by atoms with Crippen LogP contribution >= 0.6 is 0 Å². The Kier molecular flexibility index (Phi) is 2.94.